The van der Waals surface area contributed by atoms with Crippen LogP contribution in [0.5, 0.6) is 17.2 Å². The summed E-state index contributed by atoms with van der Waals surface area (Å²) in [4.78, 5) is 99.4. The average molecular weight is 1110 g/mol. The number of carbonyl (C=O) groups is 7. The highest BCUT2D eigenvalue weighted by Gasteiger charge is 2.58. The van der Waals surface area contributed by atoms with Crippen LogP contribution in [0.15, 0.2) is 86.0 Å². The van der Waals surface area contributed by atoms with Gasteiger partial charge in [0.05, 0.1) is 54.9 Å². The van der Waals surface area contributed by atoms with Gasteiger partial charge >= 0.3 is 18.3 Å². The molecule has 0 radical (unpaired) electrons. The van der Waals surface area contributed by atoms with Crippen LogP contribution in [0.4, 0.5) is 31.4 Å². The second-order valence-corrected chi connectivity index (χ2v) is 21.2. The molecule has 1 spiro atoms. The summed E-state index contributed by atoms with van der Waals surface area (Å²) in [5.41, 5.74) is 2.85. The SMILES string of the molecule is C=CCOC(=O)N[C@H](C(=O)N[C@@H](C)C(=O)Nc1ccc(COC(=O)N2c3cc(OCCCCCOc4cc5c(cc4OC)C(=O)N4CC(=C)C[C@H]4C(O)N5C(=O)OCC=C)c(C)cc3C(=O)N3CC4(CC4)C[C@H]3C2O)cc1)C(C)C. The first-order valence-corrected chi connectivity index (χ1v) is 26.8. The van der Waals surface area contributed by atoms with Crippen molar-refractivity contribution in [2.75, 3.05) is 61.7 Å². The van der Waals surface area contributed by atoms with Crippen molar-refractivity contribution >= 4 is 59.0 Å². The third kappa shape index (κ3) is 12.7. The molecule has 22 heteroatoms. The molecule has 0 bridgehead atoms. The van der Waals surface area contributed by atoms with Gasteiger partial charge in [0, 0.05) is 30.9 Å². The molecule has 4 aliphatic heterocycles. The highest BCUT2D eigenvalue weighted by atomic mass is 16.6. The number of methoxy groups -OCH3 is 1. The van der Waals surface area contributed by atoms with Crippen LogP contribution in [-0.4, -0.2) is 145 Å². The van der Waals surface area contributed by atoms with Crippen LogP contribution in [0.2, 0.25) is 0 Å². The van der Waals surface area contributed by atoms with E-state index in [0.717, 1.165) is 28.2 Å². The van der Waals surface area contributed by atoms with E-state index in [1.54, 1.807) is 62.1 Å². The van der Waals surface area contributed by atoms with Gasteiger partial charge in [-0.15, -0.1) is 0 Å². The van der Waals surface area contributed by atoms with Gasteiger partial charge in [0.25, 0.3) is 11.8 Å². The molecular formula is C58H71N7O15. The number of rotatable bonds is 21. The Morgan fingerprint density at radius 2 is 1.35 bits per heavy atom. The summed E-state index contributed by atoms with van der Waals surface area (Å²) in [6.07, 6.45) is 1.83. The molecule has 7 amide bonds. The van der Waals surface area contributed by atoms with Crippen LogP contribution in [0.3, 0.4) is 0 Å². The van der Waals surface area contributed by atoms with Crippen LogP contribution >= 0.6 is 0 Å². The number of amides is 7. The van der Waals surface area contributed by atoms with Gasteiger partial charge in [-0.05, 0) is 106 Å². The lowest BCUT2D eigenvalue weighted by Crippen LogP contribution is -2.53. The molecule has 80 heavy (non-hydrogen) atoms. The molecule has 2 unspecified atom stereocenters. The first-order valence-electron chi connectivity index (χ1n) is 26.8. The number of alkyl carbamates (subject to hydrolysis) is 1. The minimum Gasteiger partial charge on any atom is -0.493 e. The fraction of sp³-hybridized carbons (Fsp3) is 0.466. The number of ether oxygens (including phenoxy) is 6. The molecule has 4 heterocycles. The zero-order valence-electron chi connectivity index (χ0n) is 45.8. The maximum absolute atomic E-state index is 14.3. The molecule has 5 aliphatic rings. The van der Waals surface area contributed by atoms with Crippen LogP contribution in [0.25, 0.3) is 0 Å². The van der Waals surface area contributed by atoms with Crippen LogP contribution in [0.1, 0.15) is 97.6 Å². The van der Waals surface area contributed by atoms with E-state index in [-0.39, 0.29) is 90.8 Å². The molecule has 6 atom stereocenters. The summed E-state index contributed by atoms with van der Waals surface area (Å²) in [6.45, 7) is 18.7. The lowest BCUT2D eigenvalue weighted by molar-refractivity contribution is -0.128. The Hall–Kier alpha value is -8.11. The third-order valence-electron chi connectivity index (χ3n) is 15.0. The van der Waals surface area contributed by atoms with Gasteiger partial charge in [-0.25, -0.2) is 24.2 Å². The predicted octanol–water partition coefficient (Wildman–Crippen LogP) is 6.71. The Bertz CT molecular complexity index is 2910. The molecule has 3 aromatic rings. The predicted molar refractivity (Wildman–Crippen MR) is 293 cm³/mol. The van der Waals surface area contributed by atoms with E-state index in [4.69, 9.17) is 28.4 Å². The number of hydrogen-bond donors (Lipinski definition) is 5. The van der Waals surface area contributed by atoms with Crippen LogP contribution < -0.4 is 40.0 Å². The summed E-state index contributed by atoms with van der Waals surface area (Å²) in [5.74, 6) is -1.21. The summed E-state index contributed by atoms with van der Waals surface area (Å²) < 4.78 is 34.2. The minimum absolute atomic E-state index is 0.0329. The summed E-state index contributed by atoms with van der Waals surface area (Å²) >= 11 is 0. The number of unbranched alkanes of at least 4 members (excludes halogenated alkanes) is 2. The van der Waals surface area contributed by atoms with E-state index < -0.39 is 72.6 Å². The van der Waals surface area contributed by atoms with Gasteiger partial charge in [-0.2, -0.15) is 0 Å². The number of anilines is 3. The van der Waals surface area contributed by atoms with E-state index in [1.807, 2.05) is 0 Å². The van der Waals surface area contributed by atoms with Gasteiger partial charge in [0.1, 0.15) is 37.7 Å². The highest BCUT2D eigenvalue weighted by Crippen LogP contribution is 2.57. The van der Waals surface area contributed by atoms with Crippen molar-refractivity contribution in [3.05, 3.63) is 108 Å². The third-order valence-corrected chi connectivity index (χ3v) is 15.0. The molecule has 1 saturated carbocycles. The first kappa shape index (κ1) is 58.0. The maximum atomic E-state index is 14.3. The minimum atomic E-state index is -1.43. The molecule has 22 nitrogen and oxygen atoms in total. The molecule has 1 aliphatic carbocycles. The van der Waals surface area contributed by atoms with Crippen molar-refractivity contribution in [2.24, 2.45) is 11.3 Å². The van der Waals surface area contributed by atoms with E-state index in [0.29, 0.717) is 61.2 Å². The monoisotopic (exact) mass is 1110 g/mol. The van der Waals surface area contributed by atoms with Crippen molar-refractivity contribution < 1.29 is 72.2 Å². The van der Waals surface area contributed by atoms with E-state index >= 15 is 0 Å². The largest absolute Gasteiger partial charge is 0.493 e. The van der Waals surface area contributed by atoms with Gasteiger partial charge in [0.2, 0.25) is 11.8 Å². The van der Waals surface area contributed by atoms with Gasteiger partial charge in [0.15, 0.2) is 24.0 Å². The van der Waals surface area contributed by atoms with Crippen LogP contribution in [0, 0.1) is 18.3 Å². The number of nitrogens with one attached hydrogen (secondary N) is 3. The molecule has 5 N–H and O–H groups in total. The highest BCUT2D eigenvalue weighted by molar-refractivity contribution is 6.07. The quantitative estimate of drug-likeness (QED) is 0.0422. The number of aliphatic hydroxyl groups is 2. The second kappa shape index (κ2) is 24.9. The lowest BCUT2D eigenvalue weighted by Gasteiger charge is -2.31. The van der Waals surface area contributed by atoms with Crippen molar-refractivity contribution in [3.8, 4) is 17.2 Å². The second-order valence-electron chi connectivity index (χ2n) is 21.2. The van der Waals surface area contributed by atoms with Gasteiger partial charge in [-0.1, -0.05) is 63.4 Å². The molecule has 3 aromatic carbocycles. The van der Waals surface area contributed by atoms with E-state index in [1.165, 1.54) is 43.2 Å². The number of fused-ring (bicyclic) bond motifs is 4. The fourth-order valence-corrected chi connectivity index (χ4v) is 10.5. The number of aliphatic hydroxyl groups excluding tert-OH is 2. The number of hydrogen-bond acceptors (Lipinski definition) is 15. The zero-order chi connectivity index (χ0) is 57.6. The summed E-state index contributed by atoms with van der Waals surface area (Å²) in [5, 5.41) is 31.5. The number of carbonyl (C=O) groups excluding carboxylic acids is 7. The molecule has 428 valence electrons. The number of aryl methyl sites for hydroxylation is 1. The Kier molecular flexibility index (Phi) is 18.1. The Morgan fingerprint density at radius 1 is 0.750 bits per heavy atom. The molecule has 2 saturated heterocycles. The normalized spacial score (nSPS) is 20.2. The zero-order valence-corrected chi connectivity index (χ0v) is 45.8. The van der Waals surface area contributed by atoms with Crippen molar-refractivity contribution in [3.63, 3.8) is 0 Å². The topological polar surface area (TPSA) is 264 Å². The lowest BCUT2D eigenvalue weighted by atomic mass is 10.0. The van der Waals surface area contributed by atoms with Gasteiger partial charge < -0.3 is 64.4 Å². The molecular weight excluding hydrogens is 1030 g/mol. The fourth-order valence-electron chi connectivity index (χ4n) is 10.5. The van der Waals surface area contributed by atoms with Gasteiger partial charge in [-0.3, -0.25) is 19.2 Å². The molecule has 0 aromatic heterocycles. The molecule has 8 rings (SSSR count). The first-order chi connectivity index (χ1) is 38.3. The summed E-state index contributed by atoms with van der Waals surface area (Å²) in [7, 11) is 1.44. The Labute approximate surface area is 464 Å². The smallest absolute Gasteiger partial charge is 0.416 e. The van der Waals surface area contributed by atoms with Crippen LogP contribution in [-0.2, 0) is 30.4 Å². The maximum Gasteiger partial charge on any atom is 0.416 e. The Morgan fingerprint density at radius 3 is 1.99 bits per heavy atom. The van der Waals surface area contributed by atoms with Crippen molar-refractivity contribution in [1.29, 1.82) is 0 Å². The van der Waals surface area contributed by atoms with E-state index in [2.05, 4.69) is 35.7 Å². The Balaban J connectivity index is 0.887. The van der Waals surface area contributed by atoms with Crippen molar-refractivity contribution in [1.82, 2.24) is 20.4 Å². The van der Waals surface area contributed by atoms with Crippen molar-refractivity contribution in [2.45, 2.75) is 116 Å². The molecule has 3 fully saturated rings. The number of nitrogens with zero attached hydrogens (tertiary/aromatic N) is 4. The van der Waals surface area contributed by atoms with E-state index in [9.17, 15) is 43.8 Å². The summed E-state index contributed by atoms with van der Waals surface area (Å²) in [6, 6.07) is 9.40. The average Bonchev–Trinajstić information content (AvgIpc) is 4.20. The number of benzene rings is 3. The standard InChI is InChI=1S/C58H71N7O15/c1-9-20-78-55(72)61-48(33(3)4)50(67)59-36(7)49(66)60-38-16-14-37(15-17-38)31-80-57(74)65-41-27-45(35(6)25-39(41)52(69)63-32-58(18-19-58)29-44(63)54(65)71)76-22-12-11-13-23-77-47-28-42-40(26-46(47)75-8)51(68)62-30-34(5)24-43(62)53(70)64(42)56(73)79-21-10-2/h9-10,14-17,25-28,33,36,43-44,48,53-54,70-71H,1-2,5,11-13,18-24,29-32H2,3-4,6-8H3,(H,59,67)(H,60,66)(H,61,72)/t36-,43-,44-,48-,53?,54?/m0/s1.